The van der Waals surface area contributed by atoms with E-state index in [2.05, 4.69) is 0 Å². The Hall–Kier alpha value is -2.37. The van der Waals surface area contributed by atoms with Crippen molar-refractivity contribution < 1.29 is 24.6 Å². The summed E-state index contributed by atoms with van der Waals surface area (Å²) in [6, 6.07) is 6.17. The number of aliphatic carboxylic acids is 2. The number of carboxylic acid groups (broad SMARTS) is 2. The van der Waals surface area contributed by atoms with Gasteiger partial charge in [0.1, 0.15) is 6.04 Å². The summed E-state index contributed by atoms with van der Waals surface area (Å²) in [6.07, 6.45) is 0.429. The molecule has 0 fully saturated rings. The molecule has 0 saturated heterocycles. The van der Waals surface area contributed by atoms with Crippen LogP contribution in [0.25, 0.3) is 0 Å². The number of hydrogen-bond acceptors (Lipinski definition) is 3. The zero-order valence-electron chi connectivity index (χ0n) is 10.8. The summed E-state index contributed by atoms with van der Waals surface area (Å²) in [6.45, 7) is 0. The molecule has 1 aliphatic heterocycles. The van der Waals surface area contributed by atoms with Crippen molar-refractivity contribution in [3.8, 4) is 0 Å². The Kier molecular flexibility index (Phi) is 4.02. The van der Waals surface area contributed by atoms with Crippen molar-refractivity contribution in [1.82, 2.24) is 0 Å². The number of benzene rings is 1. The summed E-state index contributed by atoms with van der Waals surface area (Å²) in [5.74, 6) is -2.36. The standard InChI is InChI=1S/C14H15NO5/c16-12(6-3-7-13(17)18)15-10-5-2-1-4-9(10)8-11(15)14(19)20/h1-2,4-5,11H,3,6-8H2,(H,17,18)(H,19,20)/t11-/m0/s1. The van der Waals surface area contributed by atoms with Gasteiger partial charge in [0, 0.05) is 24.9 Å². The minimum atomic E-state index is -1.05. The molecule has 0 radical (unpaired) electrons. The van der Waals surface area contributed by atoms with E-state index in [1.165, 1.54) is 4.90 Å². The molecule has 0 unspecified atom stereocenters. The van der Waals surface area contributed by atoms with Crippen LogP contribution in [0.2, 0.25) is 0 Å². The number of amides is 1. The normalized spacial score (nSPS) is 16.8. The van der Waals surface area contributed by atoms with Crippen molar-refractivity contribution in [1.29, 1.82) is 0 Å². The average molecular weight is 277 g/mol. The lowest BCUT2D eigenvalue weighted by molar-refractivity contribution is -0.140. The molecule has 1 amide bonds. The van der Waals surface area contributed by atoms with Gasteiger partial charge in [-0.3, -0.25) is 14.5 Å². The lowest BCUT2D eigenvalue weighted by Crippen LogP contribution is -2.42. The highest BCUT2D eigenvalue weighted by Gasteiger charge is 2.37. The molecule has 1 aromatic carbocycles. The highest BCUT2D eigenvalue weighted by Crippen LogP contribution is 2.32. The largest absolute Gasteiger partial charge is 0.481 e. The van der Waals surface area contributed by atoms with E-state index in [1.54, 1.807) is 24.3 Å². The molecule has 0 aromatic heterocycles. The van der Waals surface area contributed by atoms with E-state index in [-0.39, 0.29) is 31.6 Å². The van der Waals surface area contributed by atoms with Crippen molar-refractivity contribution in [3.63, 3.8) is 0 Å². The molecule has 1 heterocycles. The van der Waals surface area contributed by atoms with Crippen LogP contribution in [0.3, 0.4) is 0 Å². The molecular weight excluding hydrogens is 262 g/mol. The first-order chi connectivity index (χ1) is 9.50. The maximum absolute atomic E-state index is 12.2. The predicted molar refractivity (Wildman–Crippen MR) is 70.5 cm³/mol. The van der Waals surface area contributed by atoms with Gasteiger partial charge in [-0.1, -0.05) is 18.2 Å². The molecule has 106 valence electrons. The topological polar surface area (TPSA) is 94.9 Å². The average Bonchev–Trinajstić information content (AvgIpc) is 2.77. The first-order valence-electron chi connectivity index (χ1n) is 6.35. The lowest BCUT2D eigenvalue weighted by atomic mass is 10.1. The van der Waals surface area contributed by atoms with Gasteiger partial charge in [-0.05, 0) is 18.1 Å². The highest BCUT2D eigenvalue weighted by atomic mass is 16.4. The van der Waals surface area contributed by atoms with Gasteiger partial charge in [0.05, 0.1) is 0 Å². The molecule has 0 spiro atoms. The summed E-state index contributed by atoms with van der Waals surface area (Å²) >= 11 is 0. The number of rotatable bonds is 5. The van der Waals surface area contributed by atoms with Gasteiger partial charge in [0.15, 0.2) is 0 Å². The Bertz CT molecular complexity index is 554. The number of nitrogens with zero attached hydrogens (tertiary/aromatic N) is 1. The van der Waals surface area contributed by atoms with Gasteiger partial charge >= 0.3 is 11.9 Å². The number of anilines is 1. The zero-order chi connectivity index (χ0) is 14.7. The number of carboxylic acids is 2. The minimum absolute atomic E-state index is 0.0322. The molecule has 1 atom stereocenters. The van der Waals surface area contributed by atoms with Crippen LogP contribution in [0.5, 0.6) is 0 Å². The summed E-state index contributed by atoms with van der Waals surface area (Å²) in [5.41, 5.74) is 1.44. The SMILES string of the molecule is O=C(O)CCCC(=O)N1c2ccccc2C[C@H]1C(=O)O. The van der Waals surface area contributed by atoms with Gasteiger partial charge < -0.3 is 10.2 Å². The fourth-order valence-corrected chi connectivity index (χ4v) is 2.40. The van der Waals surface area contributed by atoms with E-state index in [1.807, 2.05) is 0 Å². The summed E-state index contributed by atoms with van der Waals surface area (Å²) < 4.78 is 0. The molecule has 6 nitrogen and oxygen atoms in total. The summed E-state index contributed by atoms with van der Waals surface area (Å²) in [5, 5.41) is 17.8. The molecular formula is C14H15NO5. The Morgan fingerprint density at radius 2 is 1.85 bits per heavy atom. The zero-order valence-corrected chi connectivity index (χ0v) is 10.8. The van der Waals surface area contributed by atoms with Crippen LogP contribution >= 0.6 is 0 Å². The molecule has 20 heavy (non-hydrogen) atoms. The van der Waals surface area contributed by atoms with Crippen LogP contribution in [0, 0.1) is 0 Å². The number of hydrogen-bond donors (Lipinski definition) is 2. The van der Waals surface area contributed by atoms with E-state index in [4.69, 9.17) is 5.11 Å². The van der Waals surface area contributed by atoms with Crippen molar-refractivity contribution >= 4 is 23.5 Å². The van der Waals surface area contributed by atoms with Gasteiger partial charge in [-0.25, -0.2) is 4.79 Å². The Morgan fingerprint density at radius 1 is 1.15 bits per heavy atom. The minimum Gasteiger partial charge on any atom is -0.481 e. The van der Waals surface area contributed by atoms with Gasteiger partial charge in [0.2, 0.25) is 5.91 Å². The van der Waals surface area contributed by atoms with E-state index >= 15 is 0 Å². The predicted octanol–water partition coefficient (Wildman–Crippen LogP) is 1.28. The second-order valence-corrected chi connectivity index (χ2v) is 4.70. The molecule has 2 rings (SSSR count). The van der Waals surface area contributed by atoms with Crippen LogP contribution in [0.4, 0.5) is 5.69 Å². The van der Waals surface area contributed by atoms with E-state index in [0.29, 0.717) is 5.69 Å². The molecule has 1 aliphatic rings. The van der Waals surface area contributed by atoms with E-state index < -0.39 is 18.0 Å². The third-order valence-corrected chi connectivity index (χ3v) is 3.31. The molecule has 1 aromatic rings. The van der Waals surface area contributed by atoms with Gasteiger partial charge in [-0.15, -0.1) is 0 Å². The second-order valence-electron chi connectivity index (χ2n) is 4.70. The van der Waals surface area contributed by atoms with Crippen molar-refractivity contribution in [2.24, 2.45) is 0 Å². The van der Waals surface area contributed by atoms with Crippen molar-refractivity contribution in [2.75, 3.05) is 4.90 Å². The second kappa shape index (κ2) is 5.73. The Labute approximate surface area is 115 Å². The molecule has 0 aliphatic carbocycles. The lowest BCUT2D eigenvalue weighted by Gasteiger charge is -2.22. The quantitative estimate of drug-likeness (QED) is 0.845. The molecule has 0 bridgehead atoms. The highest BCUT2D eigenvalue weighted by molar-refractivity contribution is 6.01. The summed E-state index contributed by atoms with van der Waals surface area (Å²) in [4.78, 5) is 35.2. The number of carbonyl (C=O) groups is 3. The van der Waals surface area contributed by atoms with Crippen LogP contribution in [-0.2, 0) is 20.8 Å². The summed E-state index contributed by atoms with van der Waals surface area (Å²) in [7, 11) is 0. The van der Waals surface area contributed by atoms with Crippen molar-refractivity contribution in [2.45, 2.75) is 31.7 Å². The maximum atomic E-state index is 12.2. The van der Waals surface area contributed by atoms with Crippen LogP contribution in [0.1, 0.15) is 24.8 Å². The first-order valence-corrected chi connectivity index (χ1v) is 6.35. The smallest absolute Gasteiger partial charge is 0.327 e. The monoisotopic (exact) mass is 277 g/mol. The van der Waals surface area contributed by atoms with Gasteiger partial charge in [0.25, 0.3) is 0 Å². The molecule has 2 N–H and O–H groups in total. The maximum Gasteiger partial charge on any atom is 0.327 e. The molecule has 0 saturated carbocycles. The number of carbonyl (C=O) groups excluding carboxylic acids is 1. The molecule has 6 heteroatoms. The van der Waals surface area contributed by atoms with Crippen LogP contribution in [0.15, 0.2) is 24.3 Å². The van der Waals surface area contributed by atoms with Crippen LogP contribution < -0.4 is 4.90 Å². The van der Waals surface area contributed by atoms with Gasteiger partial charge in [-0.2, -0.15) is 0 Å². The number of para-hydroxylation sites is 1. The number of fused-ring (bicyclic) bond motifs is 1. The Morgan fingerprint density at radius 3 is 2.50 bits per heavy atom. The Balaban J connectivity index is 2.16. The third kappa shape index (κ3) is 2.79. The third-order valence-electron chi connectivity index (χ3n) is 3.31. The van der Waals surface area contributed by atoms with Crippen LogP contribution in [-0.4, -0.2) is 34.1 Å². The fourth-order valence-electron chi connectivity index (χ4n) is 2.40. The van der Waals surface area contributed by atoms with E-state index in [9.17, 15) is 19.5 Å². The van der Waals surface area contributed by atoms with E-state index in [0.717, 1.165) is 5.56 Å². The fraction of sp³-hybridized carbons (Fsp3) is 0.357. The first kappa shape index (κ1) is 14.0. The van der Waals surface area contributed by atoms with Crippen molar-refractivity contribution in [3.05, 3.63) is 29.8 Å².